The monoisotopic (exact) mass is 416 g/mol. The molecular formula is C25H24N2O4. The molecule has 0 saturated carbocycles. The second-order valence-electron chi connectivity index (χ2n) is 7.61. The van der Waals surface area contributed by atoms with Gasteiger partial charge in [-0.2, -0.15) is 0 Å². The lowest BCUT2D eigenvalue weighted by molar-refractivity contribution is 0.102. The maximum Gasteiger partial charge on any atom is 0.255 e. The second-order valence-corrected chi connectivity index (χ2v) is 7.61. The number of carbonyl (C=O) groups excluding carboxylic acids is 1. The Morgan fingerprint density at radius 1 is 1.00 bits per heavy atom. The zero-order valence-electron chi connectivity index (χ0n) is 17.7. The fourth-order valence-electron chi connectivity index (χ4n) is 3.03. The second kappa shape index (κ2) is 8.92. The number of carbonyl (C=O) groups is 1. The van der Waals surface area contributed by atoms with E-state index >= 15 is 0 Å². The minimum absolute atomic E-state index is 0.200. The molecule has 1 N–H and O–H groups in total. The van der Waals surface area contributed by atoms with Gasteiger partial charge in [0.05, 0.1) is 13.7 Å². The zero-order valence-corrected chi connectivity index (χ0v) is 17.7. The van der Waals surface area contributed by atoms with E-state index in [1.807, 2.05) is 24.3 Å². The molecule has 0 aliphatic rings. The van der Waals surface area contributed by atoms with Crippen LogP contribution in [-0.4, -0.2) is 24.6 Å². The number of hydrogen-bond acceptors (Lipinski definition) is 5. The Morgan fingerprint density at radius 3 is 2.39 bits per heavy atom. The van der Waals surface area contributed by atoms with Crippen LogP contribution >= 0.6 is 0 Å². The van der Waals surface area contributed by atoms with Crippen molar-refractivity contribution in [2.75, 3.05) is 19.0 Å². The van der Waals surface area contributed by atoms with E-state index in [1.54, 1.807) is 49.6 Å². The first-order valence-electron chi connectivity index (χ1n) is 10.1. The summed E-state index contributed by atoms with van der Waals surface area (Å²) < 4.78 is 16.7. The Hall–Kier alpha value is -3.80. The molecule has 0 saturated heterocycles. The van der Waals surface area contributed by atoms with Crippen LogP contribution in [0.25, 0.3) is 22.6 Å². The van der Waals surface area contributed by atoms with E-state index in [9.17, 15) is 4.79 Å². The van der Waals surface area contributed by atoms with Gasteiger partial charge in [-0.15, -0.1) is 0 Å². The number of anilines is 1. The maximum atomic E-state index is 12.6. The quantitative estimate of drug-likeness (QED) is 0.413. The number of nitrogens with one attached hydrogen (secondary N) is 1. The molecule has 0 fully saturated rings. The van der Waals surface area contributed by atoms with E-state index in [0.717, 1.165) is 17.1 Å². The summed E-state index contributed by atoms with van der Waals surface area (Å²) >= 11 is 0. The molecule has 4 rings (SSSR count). The van der Waals surface area contributed by atoms with Gasteiger partial charge in [0.25, 0.3) is 5.91 Å². The highest BCUT2D eigenvalue weighted by Crippen LogP contribution is 2.27. The zero-order chi connectivity index (χ0) is 21.8. The van der Waals surface area contributed by atoms with E-state index in [1.165, 1.54) is 0 Å². The topological polar surface area (TPSA) is 73.6 Å². The maximum absolute atomic E-state index is 12.6. The van der Waals surface area contributed by atoms with Crippen LogP contribution in [0, 0.1) is 5.92 Å². The molecule has 1 amide bonds. The van der Waals surface area contributed by atoms with Crippen molar-refractivity contribution in [1.29, 1.82) is 0 Å². The van der Waals surface area contributed by atoms with Crippen LogP contribution < -0.4 is 14.8 Å². The van der Waals surface area contributed by atoms with Gasteiger partial charge in [-0.3, -0.25) is 4.79 Å². The van der Waals surface area contributed by atoms with Crippen molar-refractivity contribution in [3.63, 3.8) is 0 Å². The molecule has 4 aromatic rings. The number of fused-ring (bicyclic) bond motifs is 1. The van der Waals surface area contributed by atoms with Gasteiger partial charge in [0, 0.05) is 16.8 Å². The lowest BCUT2D eigenvalue weighted by atomic mass is 10.2. The van der Waals surface area contributed by atoms with Crippen molar-refractivity contribution < 1.29 is 18.7 Å². The van der Waals surface area contributed by atoms with Crippen LogP contribution in [0.4, 0.5) is 5.69 Å². The summed E-state index contributed by atoms with van der Waals surface area (Å²) in [6.45, 7) is 4.82. The van der Waals surface area contributed by atoms with Crippen LogP contribution in [0.15, 0.2) is 71.1 Å². The van der Waals surface area contributed by atoms with Gasteiger partial charge in [-0.1, -0.05) is 13.8 Å². The molecule has 0 aliphatic heterocycles. The van der Waals surface area contributed by atoms with Gasteiger partial charge in [0.15, 0.2) is 5.58 Å². The predicted octanol–water partition coefficient (Wildman–Crippen LogP) is 5.79. The largest absolute Gasteiger partial charge is 0.497 e. The Labute approximate surface area is 180 Å². The van der Waals surface area contributed by atoms with Gasteiger partial charge < -0.3 is 19.2 Å². The SMILES string of the molecule is COc1ccc(-c2nc3cc(NC(=O)c4ccc(OCC(C)C)cc4)ccc3o2)cc1. The third-order valence-corrected chi connectivity index (χ3v) is 4.68. The molecule has 0 bridgehead atoms. The summed E-state index contributed by atoms with van der Waals surface area (Å²) in [5.41, 5.74) is 3.36. The Balaban J connectivity index is 1.47. The number of hydrogen-bond donors (Lipinski definition) is 1. The van der Waals surface area contributed by atoms with E-state index in [4.69, 9.17) is 13.9 Å². The number of methoxy groups -OCH3 is 1. The van der Waals surface area contributed by atoms with E-state index in [0.29, 0.717) is 40.8 Å². The summed E-state index contributed by atoms with van der Waals surface area (Å²) in [4.78, 5) is 17.2. The number of aromatic nitrogens is 1. The highest BCUT2D eigenvalue weighted by atomic mass is 16.5. The van der Waals surface area contributed by atoms with Gasteiger partial charge in [-0.05, 0) is 72.6 Å². The molecule has 0 atom stereocenters. The summed E-state index contributed by atoms with van der Waals surface area (Å²) in [5, 5.41) is 2.91. The lowest BCUT2D eigenvalue weighted by Crippen LogP contribution is -2.12. The molecule has 6 nitrogen and oxygen atoms in total. The summed E-state index contributed by atoms with van der Waals surface area (Å²) in [6.07, 6.45) is 0. The number of benzene rings is 3. The van der Waals surface area contributed by atoms with Crippen molar-refractivity contribution in [2.24, 2.45) is 5.92 Å². The van der Waals surface area contributed by atoms with Gasteiger partial charge >= 0.3 is 0 Å². The number of amides is 1. The van der Waals surface area contributed by atoms with Crippen molar-refractivity contribution in [2.45, 2.75) is 13.8 Å². The normalized spacial score (nSPS) is 11.0. The molecule has 6 heteroatoms. The average molecular weight is 416 g/mol. The van der Waals surface area contributed by atoms with Gasteiger partial charge in [0.2, 0.25) is 5.89 Å². The third-order valence-electron chi connectivity index (χ3n) is 4.68. The molecule has 0 spiro atoms. The minimum atomic E-state index is -0.200. The van der Waals surface area contributed by atoms with Crippen molar-refractivity contribution in [3.8, 4) is 23.0 Å². The molecule has 1 heterocycles. The first-order valence-corrected chi connectivity index (χ1v) is 10.1. The number of rotatable bonds is 7. The average Bonchev–Trinajstić information content (AvgIpc) is 3.21. The third kappa shape index (κ3) is 4.86. The van der Waals surface area contributed by atoms with E-state index < -0.39 is 0 Å². The molecular weight excluding hydrogens is 392 g/mol. The van der Waals surface area contributed by atoms with E-state index in [2.05, 4.69) is 24.1 Å². The molecule has 0 unspecified atom stereocenters. The number of oxazole rings is 1. The first-order chi connectivity index (χ1) is 15.0. The first kappa shape index (κ1) is 20.5. The van der Waals surface area contributed by atoms with Crippen LogP contribution in [0.5, 0.6) is 11.5 Å². The summed E-state index contributed by atoms with van der Waals surface area (Å²) in [7, 11) is 1.62. The van der Waals surface area contributed by atoms with Crippen LogP contribution in [-0.2, 0) is 0 Å². The van der Waals surface area contributed by atoms with Gasteiger partial charge in [-0.25, -0.2) is 4.98 Å². The molecule has 1 aromatic heterocycles. The molecule has 31 heavy (non-hydrogen) atoms. The van der Waals surface area contributed by atoms with Gasteiger partial charge in [0.1, 0.15) is 17.0 Å². The van der Waals surface area contributed by atoms with Crippen molar-refractivity contribution >= 4 is 22.7 Å². The highest BCUT2D eigenvalue weighted by molar-refractivity contribution is 6.05. The Bertz CT molecular complexity index is 1180. The molecule has 0 radical (unpaired) electrons. The Kier molecular flexibility index (Phi) is 5.89. The predicted molar refractivity (Wildman–Crippen MR) is 121 cm³/mol. The Morgan fingerprint density at radius 2 is 1.71 bits per heavy atom. The van der Waals surface area contributed by atoms with Crippen LogP contribution in [0.3, 0.4) is 0 Å². The molecule has 158 valence electrons. The lowest BCUT2D eigenvalue weighted by Gasteiger charge is -2.09. The standard InChI is InChI=1S/C25H24N2O4/c1-16(2)15-30-21-11-4-17(5-12-21)24(28)26-19-8-13-23-22(14-19)27-25(31-23)18-6-9-20(29-3)10-7-18/h4-14,16H,15H2,1-3H3,(H,26,28). The van der Waals surface area contributed by atoms with E-state index in [-0.39, 0.29) is 5.91 Å². The fourth-order valence-corrected chi connectivity index (χ4v) is 3.03. The summed E-state index contributed by atoms with van der Waals surface area (Å²) in [6, 6.07) is 20.0. The minimum Gasteiger partial charge on any atom is -0.497 e. The number of nitrogens with zero attached hydrogens (tertiary/aromatic N) is 1. The highest BCUT2D eigenvalue weighted by Gasteiger charge is 2.11. The van der Waals surface area contributed by atoms with Crippen molar-refractivity contribution in [3.05, 3.63) is 72.3 Å². The molecule has 3 aromatic carbocycles. The smallest absolute Gasteiger partial charge is 0.255 e. The van der Waals surface area contributed by atoms with Crippen molar-refractivity contribution in [1.82, 2.24) is 4.98 Å². The fraction of sp³-hybridized carbons (Fsp3) is 0.200. The van der Waals surface area contributed by atoms with Crippen LogP contribution in [0.2, 0.25) is 0 Å². The van der Waals surface area contributed by atoms with Crippen LogP contribution in [0.1, 0.15) is 24.2 Å². The number of ether oxygens (including phenoxy) is 2. The summed E-state index contributed by atoms with van der Waals surface area (Å²) in [5.74, 6) is 2.27. The molecule has 0 aliphatic carbocycles.